The maximum Gasteiger partial charge on any atom is 0.170 e. The number of carbonyl (C=O) groups is 2. The monoisotopic (exact) mass is 211 g/mol. The Bertz CT molecular complexity index is 346. The number of Topliss-reactive ketones (excluding diaryl/α,β-unsaturated/α-hetero) is 2. The second kappa shape index (κ2) is 4.88. The molecule has 3 nitrogen and oxygen atoms in total. The molecule has 0 fully saturated rings. The summed E-state index contributed by atoms with van der Waals surface area (Å²) in [5, 5.41) is 0.562. The van der Waals surface area contributed by atoms with Gasteiger partial charge >= 0.3 is 0 Å². The van der Waals surface area contributed by atoms with Crippen molar-refractivity contribution < 1.29 is 9.59 Å². The minimum Gasteiger partial charge on any atom is -0.324 e. The number of hydrogen-bond acceptors (Lipinski definition) is 3. The van der Waals surface area contributed by atoms with Crippen LogP contribution in [0.3, 0.4) is 0 Å². The van der Waals surface area contributed by atoms with Gasteiger partial charge in [0.2, 0.25) is 0 Å². The van der Waals surface area contributed by atoms with Crippen LogP contribution in [0.2, 0.25) is 5.02 Å². The van der Waals surface area contributed by atoms with E-state index in [2.05, 4.69) is 0 Å². The molecule has 0 bridgehead atoms. The van der Waals surface area contributed by atoms with Gasteiger partial charge in [-0.05, 0) is 24.3 Å². The molecule has 0 atom stereocenters. The lowest BCUT2D eigenvalue weighted by atomic mass is 10.1. The summed E-state index contributed by atoms with van der Waals surface area (Å²) in [6, 6.07) is 6.41. The van der Waals surface area contributed by atoms with Crippen molar-refractivity contribution in [1.29, 1.82) is 0 Å². The Morgan fingerprint density at radius 3 is 2.29 bits per heavy atom. The molecule has 1 aromatic rings. The van der Waals surface area contributed by atoms with Gasteiger partial charge in [-0.1, -0.05) is 11.6 Å². The van der Waals surface area contributed by atoms with E-state index in [0.717, 1.165) is 0 Å². The van der Waals surface area contributed by atoms with Crippen molar-refractivity contribution in [3.05, 3.63) is 34.9 Å². The third-order valence-corrected chi connectivity index (χ3v) is 2.00. The van der Waals surface area contributed by atoms with Crippen LogP contribution in [-0.2, 0) is 4.79 Å². The molecular formula is C10H10ClNO2. The molecular weight excluding hydrogens is 202 g/mol. The van der Waals surface area contributed by atoms with E-state index in [4.69, 9.17) is 17.3 Å². The van der Waals surface area contributed by atoms with Crippen LogP contribution in [0.15, 0.2) is 24.3 Å². The molecule has 0 aliphatic rings. The van der Waals surface area contributed by atoms with Gasteiger partial charge in [-0.15, -0.1) is 0 Å². The van der Waals surface area contributed by atoms with E-state index < -0.39 is 0 Å². The zero-order valence-corrected chi connectivity index (χ0v) is 8.25. The van der Waals surface area contributed by atoms with Crippen LogP contribution in [0, 0.1) is 0 Å². The SMILES string of the molecule is NCC(=O)CC(=O)c1ccc(Cl)cc1. The molecule has 0 aliphatic carbocycles. The van der Waals surface area contributed by atoms with E-state index in [1.807, 2.05) is 0 Å². The first-order chi connectivity index (χ1) is 6.63. The van der Waals surface area contributed by atoms with Gasteiger partial charge in [0.05, 0.1) is 13.0 Å². The summed E-state index contributed by atoms with van der Waals surface area (Å²) in [6.45, 7) is -0.0979. The first-order valence-corrected chi connectivity index (χ1v) is 4.52. The van der Waals surface area contributed by atoms with E-state index in [-0.39, 0.29) is 24.5 Å². The number of rotatable bonds is 4. The van der Waals surface area contributed by atoms with Gasteiger partial charge in [0.1, 0.15) is 0 Å². The lowest BCUT2D eigenvalue weighted by Crippen LogP contribution is -2.17. The fourth-order valence-corrected chi connectivity index (χ4v) is 1.12. The number of nitrogens with two attached hydrogens (primary N) is 1. The molecule has 2 N–H and O–H groups in total. The molecule has 0 saturated carbocycles. The van der Waals surface area contributed by atoms with Gasteiger partial charge in [-0.25, -0.2) is 0 Å². The van der Waals surface area contributed by atoms with Crippen molar-refractivity contribution >= 4 is 23.2 Å². The van der Waals surface area contributed by atoms with Gasteiger partial charge < -0.3 is 5.73 Å². The Kier molecular flexibility index (Phi) is 3.80. The molecule has 0 spiro atoms. The highest BCUT2D eigenvalue weighted by molar-refractivity contribution is 6.30. The minimum absolute atomic E-state index is 0.0979. The number of ketones is 2. The smallest absolute Gasteiger partial charge is 0.170 e. The van der Waals surface area contributed by atoms with Crippen LogP contribution in [0.25, 0.3) is 0 Å². The summed E-state index contributed by atoms with van der Waals surface area (Å²) in [5.41, 5.74) is 5.58. The first-order valence-electron chi connectivity index (χ1n) is 4.14. The van der Waals surface area contributed by atoms with E-state index in [1.165, 1.54) is 0 Å². The minimum atomic E-state index is -0.259. The molecule has 0 aromatic heterocycles. The van der Waals surface area contributed by atoms with E-state index in [9.17, 15) is 9.59 Å². The van der Waals surface area contributed by atoms with Crippen LogP contribution in [-0.4, -0.2) is 18.1 Å². The van der Waals surface area contributed by atoms with Crippen molar-refractivity contribution in [3.63, 3.8) is 0 Å². The van der Waals surface area contributed by atoms with Crippen molar-refractivity contribution in [3.8, 4) is 0 Å². The maximum absolute atomic E-state index is 11.4. The second-order valence-corrected chi connectivity index (χ2v) is 3.29. The number of carbonyl (C=O) groups excluding carboxylic acids is 2. The molecule has 14 heavy (non-hydrogen) atoms. The maximum atomic E-state index is 11.4. The largest absolute Gasteiger partial charge is 0.324 e. The molecule has 0 aliphatic heterocycles. The molecule has 0 amide bonds. The second-order valence-electron chi connectivity index (χ2n) is 2.85. The van der Waals surface area contributed by atoms with Crippen molar-refractivity contribution in [1.82, 2.24) is 0 Å². The zero-order chi connectivity index (χ0) is 10.6. The fourth-order valence-electron chi connectivity index (χ4n) is 0.989. The summed E-state index contributed by atoms with van der Waals surface area (Å²) < 4.78 is 0. The summed E-state index contributed by atoms with van der Waals surface area (Å²) in [4.78, 5) is 22.3. The van der Waals surface area contributed by atoms with Crippen molar-refractivity contribution in [2.24, 2.45) is 5.73 Å². The number of hydrogen-bond donors (Lipinski definition) is 1. The number of benzene rings is 1. The Balaban J connectivity index is 2.70. The van der Waals surface area contributed by atoms with Gasteiger partial charge in [0, 0.05) is 10.6 Å². The molecule has 0 heterocycles. The van der Waals surface area contributed by atoms with Crippen LogP contribution < -0.4 is 5.73 Å². The molecule has 0 radical (unpaired) electrons. The summed E-state index contributed by atoms with van der Waals surface area (Å²) in [6.07, 6.45) is -0.141. The predicted molar refractivity (Wildman–Crippen MR) is 54.5 cm³/mol. The molecule has 4 heteroatoms. The van der Waals surface area contributed by atoms with Crippen LogP contribution in [0.1, 0.15) is 16.8 Å². The normalized spacial score (nSPS) is 9.86. The Hall–Kier alpha value is -1.19. The van der Waals surface area contributed by atoms with E-state index in [1.54, 1.807) is 24.3 Å². The Morgan fingerprint density at radius 1 is 1.21 bits per heavy atom. The van der Waals surface area contributed by atoms with Crippen molar-refractivity contribution in [2.45, 2.75) is 6.42 Å². The topological polar surface area (TPSA) is 60.2 Å². The molecule has 74 valence electrons. The van der Waals surface area contributed by atoms with Crippen LogP contribution in [0.5, 0.6) is 0 Å². The lowest BCUT2D eigenvalue weighted by Gasteiger charge is -1.99. The lowest BCUT2D eigenvalue weighted by molar-refractivity contribution is -0.116. The van der Waals surface area contributed by atoms with Gasteiger partial charge in [0.15, 0.2) is 11.6 Å². The molecule has 1 rings (SSSR count). The van der Waals surface area contributed by atoms with Crippen molar-refractivity contribution in [2.75, 3.05) is 6.54 Å². The zero-order valence-electron chi connectivity index (χ0n) is 7.50. The Morgan fingerprint density at radius 2 is 1.79 bits per heavy atom. The standard InChI is InChI=1S/C10H10ClNO2/c11-8-3-1-7(2-4-8)10(14)5-9(13)6-12/h1-4H,5-6,12H2. The quantitative estimate of drug-likeness (QED) is 0.606. The fraction of sp³-hybridized carbons (Fsp3) is 0.200. The summed E-state index contributed by atoms with van der Waals surface area (Å²) in [7, 11) is 0. The van der Waals surface area contributed by atoms with Crippen LogP contribution in [0.4, 0.5) is 0 Å². The average molecular weight is 212 g/mol. The van der Waals surface area contributed by atoms with E-state index in [0.29, 0.717) is 10.6 Å². The van der Waals surface area contributed by atoms with Gasteiger partial charge in [0.25, 0.3) is 0 Å². The van der Waals surface area contributed by atoms with Gasteiger partial charge in [-0.3, -0.25) is 9.59 Å². The van der Waals surface area contributed by atoms with Gasteiger partial charge in [-0.2, -0.15) is 0 Å². The highest BCUT2D eigenvalue weighted by Gasteiger charge is 2.09. The van der Waals surface area contributed by atoms with Crippen LogP contribution >= 0.6 is 11.6 Å². The summed E-state index contributed by atoms with van der Waals surface area (Å²) >= 11 is 5.65. The molecule has 1 aromatic carbocycles. The highest BCUT2D eigenvalue weighted by atomic mass is 35.5. The average Bonchev–Trinajstić information content (AvgIpc) is 2.18. The summed E-state index contributed by atoms with van der Waals surface area (Å²) in [5.74, 6) is -0.484. The first kappa shape index (κ1) is 10.9. The Labute approximate surface area is 86.9 Å². The number of halogens is 1. The predicted octanol–water partition coefficient (Wildman–Crippen LogP) is 1.44. The molecule has 0 unspecified atom stereocenters. The molecule has 0 saturated heterocycles. The third kappa shape index (κ3) is 2.94. The van der Waals surface area contributed by atoms with E-state index >= 15 is 0 Å². The third-order valence-electron chi connectivity index (χ3n) is 1.75. The highest BCUT2D eigenvalue weighted by Crippen LogP contribution is 2.11.